The maximum atomic E-state index is 11.5. The van der Waals surface area contributed by atoms with Crippen molar-refractivity contribution in [3.8, 4) is 0 Å². The second-order valence-electron chi connectivity index (χ2n) is 3.56. The van der Waals surface area contributed by atoms with Crippen molar-refractivity contribution in [3.63, 3.8) is 0 Å². The lowest BCUT2D eigenvalue weighted by Crippen LogP contribution is -2.32. The second kappa shape index (κ2) is 5.45. The van der Waals surface area contributed by atoms with E-state index in [9.17, 15) is 13.2 Å². The fourth-order valence-electron chi connectivity index (χ4n) is 1.21. The monoisotopic (exact) mass is 261 g/mol. The molecule has 0 aliphatic carbocycles. The molecule has 0 fully saturated rings. The van der Waals surface area contributed by atoms with Crippen molar-refractivity contribution in [3.05, 3.63) is 22.4 Å². The first-order valence-electron chi connectivity index (χ1n) is 4.90. The molecule has 0 saturated carbocycles. The molecule has 4 nitrogen and oxygen atoms in total. The van der Waals surface area contributed by atoms with E-state index >= 15 is 0 Å². The maximum Gasteiger partial charge on any atom is 0.235 e. The van der Waals surface area contributed by atoms with Crippen LogP contribution >= 0.6 is 11.3 Å². The van der Waals surface area contributed by atoms with Gasteiger partial charge in [-0.05, 0) is 24.3 Å². The van der Waals surface area contributed by atoms with E-state index in [0.29, 0.717) is 6.42 Å². The fraction of sp³-hybridized carbons (Fsp3) is 0.500. The summed E-state index contributed by atoms with van der Waals surface area (Å²) in [5, 5.41) is 1.99. The first-order valence-corrected chi connectivity index (χ1v) is 7.63. The van der Waals surface area contributed by atoms with Crippen LogP contribution in [0.5, 0.6) is 0 Å². The molecular weight excluding hydrogens is 246 g/mol. The highest BCUT2D eigenvalue weighted by atomic mass is 32.2. The molecule has 6 heteroatoms. The average molecular weight is 261 g/mol. The molecule has 0 aliphatic heterocycles. The summed E-state index contributed by atoms with van der Waals surface area (Å²) in [6.07, 6.45) is 2.80. The number of hydrogen-bond acceptors (Lipinski definition) is 4. The number of carbonyl (C=O) groups is 1. The summed E-state index contributed by atoms with van der Waals surface area (Å²) < 4.78 is 23.0. The van der Waals surface area contributed by atoms with Gasteiger partial charge in [-0.2, -0.15) is 0 Å². The molecule has 0 N–H and O–H groups in total. The zero-order valence-corrected chi connectivity index (χ0v) is 11.0. The van der Waals surface area contributed by atoms with Crippen molar-refractivity contribution in [2.45, 2.75) is 19.3 Å². The lowest BCUT2D eigenvalue weighted by Gasteiger charge is -2.13. The van der Waals surface area contributed by atoms with E-state index in [0.717, 1.165) is 17.0 Å². The number of carbonyl (C=O) groups excluding carboxylic acids is 1. The van der Waals surface area contributed by atoms with Crippen molar-refractivity contribution in [2.24, 2.45) is 0 Å². The summed E-state index contributed by atoms with van der Waals surface area (Å²) in [7, 11) is -2.11. The van der Waals surface area contributed by atoms with E-state index in [1.807, 2.05) is 17.5 Å². The van der Waals surface area contributed by atoms with Crippen molar-refractivity contribution in [1.82, 2.24) is 4.31 Å². The number of aryl methyl sites for hydroxylation is 1. The van der Waals surface area contributed by atoms with Gasteiger partial charge in [-0.1, -0.05) is 6.07 Å². The van der Waals surface area contributed by atoms with Crippen LogP contribution in [0.1, 0.15) is 17.7 Å². The van der Waals surface area contributed by atoms with E-state index in [1.54, 1.807) is 11.3 Å². The molecule has 16 heavy (non-hydrogen) atoms. The zero-order chi connectivity index (χ0) is 12.2. The topological polar surface area (TPSA) is 54.5 Å². The van der Waals surface area contributed by atoms with Crippen molar-refractivity contribution in [2.75, 3.05) is 13.3 Å². The molecule has 0 bridgehead atoms. The highest BCUT2D eigenvalue weighted by Gasteiger charge is 2.17. The number of sulfonamides is 1. The SMILES string of the molecule is CN(C(=O)CCCc1cccs1)S(C)(=O)=O. The molecule has 0 saturated heterocycles. The van der Waals surface area contributed by atoms with Crippen molar-refractivity contribution >= 4 is 27.3 Å². The molecule has 1 aromatic rings. The summed E-state index contributed by atoms with van der Waals surface area (Å²) >= 11 is 1.65. The molecule has 0 aromatic carbocycles. The summed E-state index contributed by atoms with van der Waals surface area (Å²) in [6, 6.07) is 3.97. The van der Waals surface area contributed by atoms with E-state index in [2.05, 4.69) is 0 Å². The van der Waals surface area contributed by atoms with E-state index < -0.39 is 10.0 Å². The summed E-state index contributed by atoms with van der Waals surface area (Å²) in [5.41, 5.74) is 0. The van der Waals surface area contributed by atoms with Gasteiger partial charge in [-0.25, -0.2) is 12.7 Å². The summed E-state index contributed by atoms with van der Waals surface area (Å²) in [5.74, 6) is -0.348. The zero-order valence-electron chi connectivity index (χ0n) is 9.34. The number of hydrogen-bond donors (Lipinski definition) is 0. The Hall–Kier alpha value is -0.880. The lowest BCUT2D eigenvalue weighted by molar-refractivity contribution is -0.125. The molecule has 1 rings (SSSR count). The molecular formula is C10H15NO3S2. The molecule has 0 radical (unpaired) electrons. The van der Waals surface area contributed by atoms with Gasteiger partial charge in [0.25, 0.3) is 0 Å². The minimum Gasteiger partial charge on any atom is -0.274 e. The molecule has 1 aromatic heterocycles. The predicted octanol–water partition coefficient (Wildman–Crippen LogP) is 1.49. The Bertz CT molecular complexity index is 437. The minimum atomic E-state index is -3.40. The Kier molecular flexibility index (Phi) is 4.49. The molecule has 90 valence electrons. The largest absolute Gasteiger partial charge is 0.274 e. The second-order valence-corrected chi connectivity index (χ2v) is 6.60. The normalized spacial score (nSPS) is 11.4. The van der Waals surface area contributed by atoms with Crippen LogP contribution in [0.4, 0.5) is 0 Å². The molecule has 1 heterocycles. The van der Waals surface area contributed by atoms with Gasteiger partial charge in [0.15, 0.2) is 0 Å². The molecule has 0 unspecified atom stereocenters. The first-order chi connectivity index (χ1) is 7.41. The smallest absolute Gasteiger partial charge is 0.235 e. The minimum absolute atomic E-state index is 0.265. The van der Waals surface area contributed by atoms with E-state index in [-0.39, 0.29) is 12.3 Å². The van der Waals surface area contributed by atoms with Crippen LogP contribution in [0.25, 0.3) is 0 Å². The number of thiophene rings is 1. The van der Waals surface area contributed by atoms with Crippen LogP contribution < -0.4 is 0 Å². The third-order valence-electron chi connectivity index (χ3n) is 2.24. The van der Waals surface area contributed by atoms with Gasteiger partial charge >= 0.3 is 0 Å². The van der Waals surface area contributed by atoms with Crippen LogP contribution in [0.15, 0.2) is 17.5 Å². The summed E-state index contributed by atoms with van der Waals surface area (Å²) in [4.78, 5) is 12.7. The third-order valence-corrected chi connectivity index (χ3v) is 4.38. The van der Waals surface area contributed by atoms with Crippen LogP contribution in [0.3, 0.4) is 0 Å². The number of amides is 1. The quantitative estimate of drug-likeness (QED) is 0.807. The van der Waals surface area contributed by atoms with Crippen LogP contribution in [0.2, 0.25) is 0 Å². The third kappa shape index (κ3) is 3.94. The van der Waals surface area contributed by atoms with E-state index in [1.165, 1.54) is 11.9 Å². The van der Waals surface area contributed by atoms with Crippen molar-refractivity contribution < 1.29 is 13.2 Å². The molecule has 0 spiro atoms. The van der Waals surface area contributed by atoms with Gasteiger partial charge in [0, 0.05) is 18.3 Å². The van der Waals surface area contributed by atoms with Gasteiger partial charge in [-0.15, -0.1) is 11.3 Å². The molecule has 0 aliphatic rings. The van der Waals surface area contributed by atoms with Crippen molar-refractivity contribution in [1.29, 1.82) is 0 Å². The van der Waals surface area contributed by atoms with Crippen LogP contribution in [-0.2, 0) is 21.2 Å². The average Bonchev–Trinajstić information content (AvgIpc) is 2.67. The Labute approximate surface area is 99.9 Å². The van der Waals surface area contributed by atoms with Gasteiger partial charge in [0.05, 0.1) is 6.26 Å². The molecule has 0 atom stereocenters. The van der Waals surface area contributed by atoms with Crippen LogP contribution in [0, 0.1) is 0 Å². The van der Waals surface area contributed by atoms with Gasteiger partial charge < -0.3 is 0 Å². The fourth-order valence-corrected chi connectivity index (χ4v) is 2.42. The molecule has 1 amide bonds. The van der Waals surface area contributed by atoms with Gasteiger partial charge in [-0.3, -0.25) is 4.79 Å². The lowest BCUT2D eigenvalue weighted by atomic mass is 10.2. The van der Waals surface area contributed by atoms with Crippen LogP contribution in [-0.4, -0.2) is 31.9 Å². The number of nitrogens with zero attached hydrogens (tertiary/aromatic N) is 1. The Morgan fingerprint density at radius 3 is 2.69 bits per heavy atom. The standard InChI is InChI=1S/C10H15NO3S2/c1-11(16(2,13)14)10(12)7-3-5-9-6-4-8-15-9/h4,6,8H,3,5,7H2,1-2H3. The van der Waals surface area contributed by atoms with Gasteiger partial charge in [0.2, 0.25) is 15.9 Å². The predicted molar refractivity (Wildman–Crippen MR) is 64.9 cm³/mol. The number of rotatable bonds is 5. The maximum absolute atomic E-state index is 11.5. The Balaban J connectivity index is 2.36. The van der Waals surface area contributed by atoms with Gasteiger partial charge in [0.1, 0.15) is 0 Å². The van der Waals surface area contributed by atoms with E-state index in [4.69, 9.17) is 0 Å². The highest BCUT2D eigenvalue weighted by molar-refractivity contribution is 7.88. The Morgan fingerprint density at radius 1 is 1.50 bits per heavy atom. The summed E-state index contributed by atoms with van der Waals surface area (Å²) in [6.45, 7) is 0. The highest BCUT2D eigenvalue weighted by Crippen LogP contribution is 2.12. The first kappa shape index (κ1) is 13.2. The Morgan fingerprint density at radius 2 is 2.19 bits per heavy atom.